The van der Waals surface area contributed by atoms with E-state index in [2.05, 4.69) is 0 Å². The Labute approximate surface area is 94.5 Å². The van der Waals surface area contributed by atoms with E-state index in [4.69, 9.17) is 12.2 Å². The van der Waals surface area contributed by atoms with Crippen LogP contribution in [0.1, 0.15) is 32.1 Å². The Balaban J connectivity index is 2.37. The molecule has 0 aromatic rings. The molecule has 0 aliphatic heterocycles. The van der Waals surface area contributed by atoms with Crippen LogP contribution in [0.5, 0.6) is 0 Å². The first-order valence-electron chi connectivity index (χ1n) is 5.18. The third-order valence-electron chi connectivity index (χ3n) is 2.69. The van der Waals surface area contributed by atoms with Crippen molar-refractivity contribution >= 4 is 28.0 Å². The Morgan fingerprint density at radius 1 is 1.36 bits per heavy atom. The maximum Gasteiger partial charge on any atom is 0.0900 e. The minimum atomic E-state index is -0.740. The molecule has 0 N–H and O–H groups in total. The standard InChI is InChI=1S/C10H19NOS2/c1-11(2)10(13)8-14(12)9-6-4-3-5-7-9/h9H,3-8H2,1-2H3. The summed E-state index contributed by atoms with van der Waals surface area (Å²) in [7, 11) is 3.09. The highest BCUT2D eigenvalue weighted by molar-refractivity contribution is 7.89. The summed E-state index contributed by atoms with van der Waals surface area (Å²) in [6, 6.07) is 0. The van der Waals surface area contributed by atoms with E-state index in [0.29, 0.717) is 11.0 Å². The van der Waals surface area contributed by atoms with Crippen LogP contribution in [-0.2, 0) is 10.8 Å². The molecule has 0 spiro atoms. The van der Waals surface area contributed by atoms with Crippen molar-refractivity contribution in [3.05, 3.63) is 0 Å². The highest BCUT2D eigenvalue weighted by atomic mass is 32.2. The molecular formula is C10H19NOS2. The van der Waals surface area contributed by atoms with Gasteiger partial charge in [0.2, 0.25) is 0 Å². The lowest BCUT2D eigenvalue weighted by atomic mass is 10.0. The van der Waals surface area contributed by atoms with Crippen molar-refractivity contribution in [2.24, 2.45) is 0 Å². The predicted molar refractivity (Wildman–Crippen MR) is 66.2 cm³/mol. The van der Waals surface area contributed by atoms with Crippen LogP contribution in [-0.4, -0.2) is 39.2 Å². The van der Waals surface area contributed by atoms with Gasteiger partial charge in [-0.3, -0.25) is 4.21 Å². The molecule has 0 radical (unpaired) electrons. The van der Waals surface area contributed by atoms with Crippen molar-refractivity contribution in [3.63, 3.8) is 0 Å². The zero-order valence-corrected chi connectivity index (χ0v) is 10.6. The average molecular weight is 233 g/mol. The van der Waals surface area contributed by atoms with Gasteiger partial charge in [0.25, 0.3) is 0 Å². The highest BCUT2D eigenvalue weighted by Crippen LogP contribution is 2.22. The molecular weight excluding hydrogens is 214 g/mol. The minimum absolute atomic E-state index is 0.404. The molecule has 0 amide bonds. The number of nitrogens with zero attached hydrogens (tertiary/aromatic N) is 1. The maximum absolute atomic E-state index is 11.9. The van der Waals surface area contributed by atoms with Crippen LogP contribution in [0.3, 0.4) is 0 Å². The van der Waals surface area contributed by atoms with E-state index in [-0.39, 0.29) is 0 Å². The number of rotatable bonds is 3. The summed E-state index contributed by atoms with van der Waals surface area (Å²) >= 11 is 5.16. The average Bonchev–Trinajstić information content (AvgIpc) is 2.19. The maximum atomic E-state index is 11.9. The molecule has 1 fully saturated rings. The van der Waals surface area contributed by atoms with Crippen molar-refractivity contribution in [3.8, 4) is 0 Å². The lowest BCUT2D eigenvalue weighted by Gasteiger charge is -2.22. The van der Waals surface area contributed by atoms with E-state index in [1.54, 1.807) is 0 Å². The summed E-state index contributed by atoms with van der Waals surface area (Å²) in [6.45, 7) is 0. The van der Waals surface area contributed by atoms with Gasteiger partial charge in [-0.1, -0.05) is 31.5 Å². The Morgan fingerprint density at radius 2 is 1.93 bits per heavy atom. The zero-order chi connectivity index (χ0) is 10.6. The zero-order valence-electron chi connectivity index (χ0n) is 8.99. The molecule has 1 unspecified atom stereocenters. The highest BCUT2D eigenvalue weighted by Gasteiger charge is 2.20. The summed E-state index contributed by atoms with van der Waals surface area (Å²) in [5.41, 5.74) is 0. The van der Waals surface area contributed by atoms with E-state index in [1.165, 1.54) is 19.3 Å². The van der Waals surface area contributed by atoms with Gasteiger partial charge in [-0.05, 0) is 12.8 Å². The Hall–Kier alpha value is 0.0400. The molecule has 1 rings (SSSR count). The van der Waals surface area contributed by atoms with Gasteiger partial charge in [-0.25, -0.2) is 0 Å². The van der Waals surface area contributed by atoms with Crippen molar-refractivity contribution in [2.75, 3.05) is 19.8 Å². The summed E-state index contributed by atoms with van der Waals surface area (Å²) in [5.74, 6) is 0.576. The van der Waals surface area contributed by atoms with Gasteiger partial charge in [0.1, 0.15) is 0 Å². The van der Waals surface area contributed by atoms with Crippen LogP contribution in [0, 0.1) is 0 Å². The van der Waals surface area contributed by atoms with Gasteiger partial charge in [-0.2, -0.15) is 0 Å². The fraction of sp³-hybridized carbons (Fsp3) is 0.900. The van der Waals surface area contributed by atoms with Crippen molar-refractivity contribution in [1.82, 2.24) is 4.90 Å². The molecule has 2 nitrogen and oxygen atoms in total. The summed E-state index contributed by atoms with van der Waals surface area (Å²) < 4.78 is 11.9. The second-order valence-electron chi connectivity index (χ2n) is 4.07. The number of hydrogen-bond acceptors (Lipinski definition) is 2. The van der Waals surface area contributed by atoms with Crippen LogP contribution in [0.25, 0.3) is 0 Å². The van der Waals surface area contributed by atoms with Crippen LogP contribution in [0.4, 0.5) is 0 Å². The molecule has 0 saturated heterocycles. The topological polar surface area (TPSA) is 20.3 Å². The molecule has 0 bridgehead atoms. The summed E-state index contributed by atoms with van der Waals surface area (Å²) in [6.07, 6.45) is 6.05. The van der Waals surface area contributed by atoms with Crippen LogP contribution >= 0.6 is 12.2 Å². The second-order valence-corrected chi connectivity index (χ2v) is 6.26. The van der Waals surface area contributed by atoms with Gasteiger partial charge in [0.05, 0.1) is 10.7 Å². The fourth-order valence-corrected chi connectivity index (χ4v) is 3.64. The predicted octanol–water partition coefficient (Wildman–Crippen LogP) is 1.96. The number of thiocarbonyl (C=S) groups is 1. The molecule has 0 aromatic heterocycles. The smallest absolute Gasteiger partial charge is 0.0900 e. The first-order chi connectivity index (χ1) is 6.61. The molecule has 0 aromatic carbocycles. The lowest BCUT2D eigenvalue weighted by molar-refractivity contribution is 0.505. The number of hydrogen-bond donors (Lipinski definition) is 0. The molecule has 1 atom stereocenters. The Kier molecular flexibility index (Phi) is 5.02. The van der Waals surface area contributed by atoms with Gasteiger partial charge < -0.3 is 4.90 Å². The van der Waals surface area contributed by atoms with Crippen LogP contribution in [0.15, 0.2) is 0 Å². The van der Waals surface area contributed by atoms with Gasteiger partial charge in [-0.15, -0.1) is 0 Å². The SMILES string of the molecule is CN(C)C(=S)CS(=O)C1CCCCC1. The Morgan fingerprint density at radius 3 is 2.43 bits per heavy atom. The largest absolute Gasteiger partial charge is 0.372 e. The molecule has 1 aliphatic carbocycles. The third kappa shape index (κ3) is 3.65. The van der Waals surface area contributed by atoms with Crippen LogP contribution in [0.2, 0.25) is 0 Å². The second kappa shape index (κ2) is 5.81. The van der Waals surface area contributed by atoms with E-state index >= 15 is 0 Å². The van der Waals surface area contributed by atoms with E-state index in [9.17, 15) is 4.21 Å². The van der Waals surface area contributed by atoms with Gasteiger partial charge >= 0.3 is 0 Å². The van der Waals surface area contributed by atoms with Gasteiger partial charge in [0, 0.05) is 30.1 Å². The van der Waals surface area contributed by atoms with Crippen molar-refractivity contribution < 1.29 is 4.21 Å². The summed E-state index contributed by atoms with van der Waals surface area (Å²) in [5, 5.41) is 0.404. The summed E-state index contributed by atoms with van der Waals surface area (Å²) in [4.78, 5) is 2.70. The van der Waals surface area contributed by atoms with E-state index < -0.39 is 10.8 Å². The fourth-order valence-electron chi connectivity index (χ4n) is 1.70. The van der Waals surface area contributed by atoms with Gasteiger partial charge in [0.15, 0.2) is 0 Å². The molecule has 4 heteroatoms. The Bertz CT molecular complexity index is 222. The lowest BCUT2D eigenvalue weighted by Crippen LogP contribution is -2.30. The third-order valence-corrected chi connectivity index (χ3v) is 5.15. The molecule has 82 valence electrons. The molecule has 14 heavy (non-hydrogen) atoms. The van der Waals surface area contributed by atoms with Crippen LogP contribution < -0.4 is 0 Å². The van der Waals surface area contributed by atoms with Crippen molar-refractivity contribution in [2.45, 2.75) is 37.4 Å². The monoisotopic (exact) mass is 233 g/mol. The normalized spacial score (nSPS) is 20.4. The van der Waals surface area contributed by atoms with E-state index in [0.717, 1.165) is 17.8 Å². The first-order valence-corrected chi connectivity index (χ1v) is 6.97. The quantitative estimate of drug-likeness (QED) is 0.695. The molecule has 1 saturated carbocycles. The first kappa shape index (κ1) is 12.1. The minimum Gasteiger partial charge on any atom is -0.372 e. The molecule has 0 heterocycles. The molecule has 1 aliphatic rings. The van der Waals surface area contributed by atoms with Crippen molar-refractivity contribution in [1.29, 1.82) is 0 Å². The van der Waals surface area contributed by atoms with E-state index in [1.807, 2.05) is 19.0 Å².